The Morgan fingerprint density at radius 3 is 2.71 bits per heavy atom. The predicted molar refractivity (Wildman–Crippen MR) is 94.2 cm³/mol. The van der Waals surface area contributed by atoms with Crippen molar-refractivity contribution in [3.63, 3.8) is 0 Å². The van der Waals surface area contributed by atoms with Crippen molar-refractivity contribution < 1.29 is 4.79 Å². The lowest BCUT2D eigenvalue weighted by molar-refractivity contribution is -0.120. The van der Waals surface area contributed by atoms with E-state index in [2.05, 4.69) is 23.4 Å². The normalized spacial score (nSPS) is 14.0. The summed E-state index contributed by atoms with van der Waals surface area (Å²) in [6, 6.07) is 5.25. The number of nitrogen functional groups attached to an aromatic ring is 1. The van der Waals surface area contributed by atoms with Gasteiger partial charge < -0.3 is 11.1 Å². The second kappa shape index (κ2) is 8.51. The average Bonchev–Trinajstić information content (AvgIpc) is 2.46. The van der Waals surface area contributed by atoms with E-state index in [1.807, 2.05) is 25.7 Å². The lowest BCUT2D eigenvalue weighted by Gasteiger charge is -2.29. The predicted octanol–water partition coefficient (Wildman–Crippen LogP) is 3.32. The number of carbonyl (C=O) groups is 1. The maximum absolute atomic E-state index is 12.3. The highest BCUT2D eigenvalue weighted by atomic mass is 35.5. The molecule has 1 aromatic carbocycles. The molecule has 0 radical (unpaired) electrons. The molecule has 0 spiro atoms. The minimum absolute atomic E-state index is 0.0461. The van der Waals surface area contributed by atoms with Crippen LogP contribution in [0, 0.1) is 0 Å². The van der Waals surface area contributed by atoms with Gasteiger partial charge in [0.15, 0.2) is 0 Å². The molecule has 6 heteroatoms. The van der Waals surface area contributed by atoms with E-state index in [1.165, 1.54) is 0 Å². The number of rotatable bonds is 7. The number of halogens is 1. The van der Waals surface area contributed by atoms with E-state index in [0.717, 1.165) is 12.2 Å². The standard InChI is InChI=1S/C15H24ClN3OS/c1-10(7-8-21-4)19(3)11(2)15(20)18-12-5-6-13(16)14(17)9-12/h5-6,9-11H,7-8,17H2,1-4H3,(H,18,20). The van der Waals surface area contributed by atoms with Crippen LogP contribution in [0.1, 0.15) is 20.3 Å². The molecular formula is C15H24ClN3OS. The summed E-state index contributed by atoms with van der Waals surface area (Å²) in [5.74, 6) is 1.04. The number of hydrogen-bond donors (Lipinski definition) is 2. The van der Waals surface area contributed by atoms with Crippen molar-refractivity contribution in [3.05, 3.63) is 23.2 Å². The van der Waals surface area contributed by atoms with Gasteiger partial charge in [-0.25, -0.2) is 0 Å². The number of nitrogens with zero attached hydrogens (tertiary/aromatic N) is 1. The molecule has 0 heterocycles. The minimum atomic E-state index is -0.209. The van der Waals surface area contributed by atoms with E-state index in [4.69, 9.17) is 17.3 Å². The van der Waals surface area contributed by atoms with Crippen molar-refractivity contribution in [2.45, 2.75) is 32.4 Å². The van der Waals surface area contributed by atoms with Crippen LogP contribution in [0.15, 0.2) is 18.2 Å². The van der Waals surface area contributed by atoms with Crippen molar-refractivity contribution in [1.82, 2.24) is 4.90 Å². The van der Waals surface area contributed by atoms with Gasteiger partial charge in [-0.1, -0.05) is 11.6 Å². The number of thioether (sulfide) groups is 1. The SMILES string of the molecule is CSCCC(C)N(C)C(C)C(=O)Nc1ccc(Cl)c(N)c1. The zero-order valence-corrected chi connectivity index (χ0v) is 14.6. The van der Waals surface area contributed by atoms with Gasteiger partial charge in [0.2, 0.25) is 5.91 Å². The maximum atomic E-state index is 12.3. The summed E-state index contributed by atoms with van der Waals surface area (Å²) in [7, 11) is 1.98. The van der Waals surface area contributed by atoms with Gasteiger partial charge >= 0.3 is 0 Å². The van der Waals surface area contributed by atoms with E-state index in [-0.39, 0.29) is 11.9 Å². The molecule has 0 aliphatic carbocycles. The summed E-state index contributed by atoms with van der Waals surface area (Å²) >= 11 is 7.69. The fraction of sp³-hybridized carbons (Fsp3) is 0.533. The van der Waals surface area contributed by atoms with Crippen molar-refractivity contribution in [3.8, 4) is 0 Å². The molecular weight excluding hydrogens is 306 g/mol. The van der Waals surface area contributed by atoms with Gasteiger partial charge in [0.05, 0.1) is 16.8 Å². The summed E-state index contributed by atoms with van der Waals surface area (Å²) in [5.41, 5.74) is 6.87. The van der Waals surface area contributed by atoms with Crippen LogP contribution < -0.4 is 11.1 Å². The van der Waals surface area contributed by atoms with Crippen LogP contribution in [0.4, 0.5) is 11.4 Å². The second-order valence-corrected chi connectivity index (χ2v) is 6.59. The molecule has 3 N–H and O–H groups in total. The Morgan fingerprint density at radius 1 is 1.48 bits per heavy atom. The summed E-state index contributed by atoms with van der Waals surface area (Å²) in [5, 5.41) is 3.37. The Balaban J connectivity index is 2.63. The van der Waals surface area contributed by atoms with Gasteiger partial charge in [-0.3, -0.25) is 9.69 Å². The molecule has 0 aliphatic heterocycles. The molecule has 2 unspecified atom stereocenters. The molecule has 0 saturated heterocycles. The smallest absolute Gasteiger partial charge is 0.241 e. The number of benzene rings is 1. The van der Waals surface area contributed by atoms with Crippen LogP contribution >= 0.6 is 23.4 Å². The second-order valence-electron chi connectivity index (χ2n) is 5.20. The molecule has 4 nitrogen and oxygen atoms in total. The van der Waals surface area contributed by atoms with Gasteiger partial charge in [0.25, 0.3) is 0 Å². The van der Waals surface area contributed by atoms with Gasteiger partial charge in [0, 0.05) is 11.7 Å². The maximum Gasteiger partial charge on any atom is 0.241 e. The summed E-state index contributed by atoms with van der Waals surface area (Å²) < 4.78 is 0. The number of amides is 1. The molecule has 0 bridgehead atoms. The Hall–Kier alpha value is -0.910. The molecule has 118 valence electrons. The molecule has 0 saturated carbocycles. The number of carbonyl (C=O) groups excluding carboxylic acids is 1. The first-order chi connectivity index (χ1) is 9.86. The van der Waals surface area contributed by atoms with E-state index in [9.17, 15) is 4.79 Å². The third-order valence-corrected chi connectivity index (χ3v) is 4.68. The first-order valence-corrected chi connectivity index (χ1v) is 8.70. The molecule has 21 heavy (non-hydrogen) atoms. The highest BCUT2D eigenvalue weighted by Gasteiger charge is 2.22. The van der Waals surface area contributed by atoms with Gasteiger partial charge in [-0.2, -0.15) is 11.8 Å². The summed E-state index contributed by atoms with van der Waals surface area (Å²) in [6.45, 7) is 4.05. The number of likely N-dealkylation sites (N-methyl/N-ethyl adjacent to an activating group) is 1. The first kappa shape index (κ1) is 18.1. The Morgan fingerprint density at radius 2 is 2.14 bits per heavy atom. The number of anilines is 2. The van der Waals surface area contributed by atoms with Gasteiger partial charge in [-0.15, -0.1) is 0 Å². The monoisotopic (exact) mass is 329 g/mol. The topological polar surface area (TPSA) is 58.4 Å². The van der Waals surface area contributed by atoms with Crippen molar-refractivity contribution >= 4 is 40.6 Å². The van der Waals surface area contributed by atoms with Crippen molar-refractivity contribution in [2.24, 2.45) is 0 Å². The quantitative estimate of drug-likeness (QED) is 0.753. The number of nitrogens with two attached hydrogens (primary N) is 1. The fourth-order valence-electron chi connectivity index (χ4n) is 1.93. The summed E-state index contributed by atoms with van der Waals surface area (Å²) in [6.07, 6.45) is 3.15. The zero-order chi connectivity index (χ0) is 16.0. The first-order valence-electron chi connectivity index (χ1n) is 6.93. The number of hydrogen-bond acceptors (Lipinski definition) is 4. The average molecular weight is 330 g/mol. The molecule has 1 rings (SSSR count). The minimum Gasteiger partial charge on any atom is -0.397 e. The third-order valence-electron chi connectivity index (χ3n) is 3.69. The lowest BCUT2D eigenvalue weighted by atomic mass is 10.1. The van der Waals surface area contributed by atoms with E-state index < -0.39 is 0 Å². The van der Waals surface area contributed by atoms with Crippen LogP contribution in [0.5, 0.6) is 0 Å². The van der Waals surface area contributed by atoms with Gasteiger partial charge in [0.1, 0.15) is 0 Å². The third kappa shape index (κ3) is 5.41. The molecule has 0 aliphatic rings. The molecule has 0 aromatic heterocycles. The van der Waals surface area contributed by atoms with Crippen molar-refractivity contribution in [1.29, 1.82) is 0 Å². The fourth-order valence-corrected chi connectivity index (χ4v) is 2.62. The molecule has 2 atom stereocenters. The van der Waals surface area contributed by atoms with Crippen LogP contribution in [0.25, 0.3) is 0 Å². The van der Waals surface area contributed by atoms with Crippen LogP contribution in [-0.2, 0) is 4.79 Å². The molecule has 1 aromatic rings. The highest BCUT2D eigenvalue weighted by Crippen LogP contribution is 2.22. The molecule has 1 amide bonds. The van der Waals surface area contributed by atoms with Crippen LogP contribution in [-0.4, -0.2) is 41.9 Å². The Labute approximate surface area is 136 Å². The van der Waals surface area contributed by atoms with E-state index in [1.54, 1.807) is 18.2 Å². The van der Waals surface area contributed by atoms with Crippen LogP contribution in [0.3, 0.4) is 0 Å². The largest absolute Gasteiger partial charge is 0.397 e. The molecule has 0 fully saturated rings. The van der Waals surface area contributed by atoms with E-state index in [0.29, 0.717) is 22.4 Å². The summed E-state index contributed by atoms with van der Waals surface area (Å²) in [4.78, 5) is 14.4. The van der Waals surface area contributed by atoms with Gasteiger partial charge in [-0.05, 0) is 57.5 Å². The highest BCUT2D eigenvalue weighted by molar-refractivity contribution is 7.98. The lowest BCUT2D eigenvalue weighted by Crippen LogP contribution is -2.44. The van der Waals surface area contributed by atoms with Crippen molar-refractivity contribution in [2.75, 3.05) is 30.1 Å². The number of nitrogens with one attached hydrogen (secondary N) is 1. The Bertz CT molecular complexity index is 484. The van der Waals surface area contributed by atoms with Crippen LogP contribution in [0.2, 0.25) is 5.02 Å². The Kier molecular flexibility index (Phi) is 7.35. The van der Waals surface area contributed by atoms with E-state index >= 15 is 0 Å². The zero-order valence-electron chi connectivity index (χ0n) is 13.0.